The fraction of sp³-hybridized carbons (Fsp3) is 0.111. The standard InChI is InChI=1S/C18H15FN2O3/c1-11-6-7-12(19)8-16(11)21-17(22)10-24-18(23)14-9-20-15-5-3-2-4-13(14)15/h2-9,20H,10H2,1H3,(H,21,22). The van der Waals surface area contributed by atoms with Crippen molar-refractivity contribution in [2.24, 2.45) is 0 Å². The number of anilines is 1. The monoisotopic (exact) mass is 326 g/mol. The van der Waals surface area contributed by atoms with Crippen LogP contribution in [0, 0.1) is 12.7 Å². The van der Waals surface area contributed by atoms with E-state index in [1.165, 1.54) is 12.1 Å². The molecule has 2 N–H and O–H groups in total. The Morgan fingerprint density at radius 1 is 1.21 bits per heavy atom. The lowest BCUT2D eigenvalue weighted by Gasteiger charge is -2.09. The minimum Gasteiger partial charge on any atom is -0.452 e. The van der Waals surface area contributed by atoms with Gasteiger partial charge in [0.15, 0.2) is 6.61 Å². The van der Waals surface area contributed by atoms with Gasteiger partial charge in [-0.25, -0.2) is 9.18 Å². The third kappa shape index (κ3) is 3.27. The van der Waals surface area contributed by atoms with E-state index in [4.69, 9.17) is 4.74 Å². The fourth-order valence-electron chi connectivity index (χ4n) is 2.36. The molecule has 0 saturated heterocycles. The summed E-state index contributed by atoms with van der Waals surface area (Å²) in [5.41, 5.74) is 2.24. The van der Waals surface area contributed by atoms with Crippen LogP contribution >= 0.6 is 0 Å². The third-order valence-electron chi connectivity index (χ3n) is 3.62. The summed E-state index contributed by atoms with van der Waals surface area (Å²) in [6.45, 7) is 1.29. The van der Waals surface area contributed by atoms with Crippen LogP contribution in [0.4, 0.5) is 10.1 Å². The van der Waals surface area contributed by atoms with E-state index in [1.807, 2.05) is 18.2 Å². The van der Waals surface area contributed by atoms with E-state index in [-0.39, 0.29) is 0 Å². The van der Waals surface area contributed by atoms with Gasteiger partial charge in [-0.15, -0.1) is 0 Å². The molecule has 3 aromatic rings. The van der Waals surface area contributed by atoms with E-state index >= 15 is 0 Å². The van der Waals surface area contributed by atoms with Gasteiger partial charge in [-0.1, -0.05) is 24.3 Å². The Labute approximate surface area is 137 Å². The highest BCUT2D eigenvalue weighted by Crippen LogP contribution is 2.19. The highest BCUT2D eigenvalue weighted by molar-refractivity contribution is 6.05. The number of H-pyrrole nitrogens is 1. The Morgan fingerprint density at radius 2 is 2.00 bits per heavy atom. The zero-order valence-corrected chi connectivity index (χ0v) is 12.9. The number of fused-ring (bicyclic) bond motifs is 1. The molecule has 0 aliphatic heterocycles. The zero-order chi connectivity index (χ0) is 17.1. The Bertz CT molecular complexity index is 918. The fourth-order valence-corrected chi connectivity index (χ4v) is 2.36. The maximum Gasteiger partial charge on any atom is 0.340 e. The van der Waals surface area contributed by atoms with Gasteiger partial charge in [-0.3, -0.25) is 4.79 Å². The number of aromatic nitrogens is 1. The molecule has 2 aromatic carbocycles. The van der Waals surface area contributed by atoms with Crippen molar-refractivity contribution in [2.75, 3.05) is 11.9 Å². The summed E-state index contributed by atoms with van der Waals surface area (Å²) < 4.78 is 18.2. The lowest BCUT2D eigenvalue weighted by atomic mass is 10.2. The number of para-hydroxylation sites is 1. The smallest absolute Gasteiger partial charge is 0.340 e. The van der Waals surface area contributed by atoms with Gasteiger partial charge in [0.2, 0.25) is 0 Å². The molecule has 0 unspecified atom stereocenters. The summed E-state index contributed by atoms with van der Waals surface area (Å²) >= 11 is 0. The van der Waals surface area contributed by atoms with Crippen LogP contribution in [0.25, 0.3) is 10.9 Å². The quantitative estimate of drug-likeness (QED) is 0.722. The summed E-state index contributed by atoms with van der Waals surface area (Å²) in [6.07, 6.45) is 1.54. The van der Waals surface area contributed by atoms with E-state index in [9.17, 15) is 14.0 Å². The second kappa shape index (κ2) is 6.54. The van der Waals surface area contributed by atoms with Gasteiger partial charge in [0.1, 0.15) is 5.82 Å². The van der Waals surface area contributed by atoms with Gasteiger partial charge in [-0.05, 0) is 30.7 Å². The Morgan fingerprint density at radius 3 is 2.83 bits per heavy atom. The van der Waals surface area contributed by atoms with Crippen molar-refractivity contribution >= 4 is 28.5 Å². The van der Waals surface area contributed by atoms with Crippen LogP contribution in [0.2, 0.25) is 0 Å². The topological polar surface area (TPSA) is 71.2 Å². The van der Waals surface area contributed by atoms with Crippen molar-refractivity contribution in [1.82, 2.24) is 4.98 Å². The molecule has 0 bridgehead atoms. The Hall–Kier alpha value is -3.15. The first kappa shape index (κ1) is 15.7. The van der Waals surface area contributed by atoms with Crippen LogP contribution in [-0.2, 0) is 9.53 Å². The number of benzene rings is 2. The number of carbonyl (C=O) groups excluding carboxylic acids is 2. The molecule has 0 saturated carbocycles. The van der Waals surface area contributed by atoms with E-state index in [0.29, 0.717) is 16.8 Å². The largest absolute Gasteiger partial charge is 0.452 e. The number of halogens is 1. The molecular weight excluding hydrogens is 311 g/mol. The van der Waals surface area contributed by atoms with Crippen LogP contribution in [0.1, 0.15) is 15.9 Å². The molecule has 1 aromatic heterocycles. The second-order valence-electron chi connectivity index (χ2n) is 5.33. The molecule has 1 amide bonds. The average molecular weight is 326 g/mol. The van der Waals surface area contributed by atoms with Gasteiger partial charge < -0.3 is 15.0 Å². The number of amides is 1. The number of aromatic amines is 1. The zero-order valence-electron chi connectivity index (χ0n) is 12.9. The SMILES string of the molecule is Cc1ccc(F)cc1NC(=O)COC(=O)c1c[nH]c2ccccc12. The molecule has 0 radical (unpaired) electrons. The first-order valence-electron chi connectivity index (χ1n) is 7.34. The number of nitrogens with one attached hydrogen (secondary N) is 2. The summed E-state index contributed by atoms with van der Waals surface area (Å²) in [6, 6.07) is 11.4. The molecule has 1 heterocycles. The normalized spacial score (nSPS) is 10.6. The molecule has 6 heteroatoms. The number of carbonyl (C=O) groups is 2. The van der Waals surface area contributed by atoms with Crippen molar-refractivity contribution in [3.63, 3.8) is 0 Å². The highest BCUT2D eigenvalue weighted by Gasteiger charge is 2.15. The molecule has 0 fully saturated rings. The minimum atomic E-state index is -0.599. The molecule has 122 valence electrons. The molecule has 5 nitrogen and oxygen atoms in total. The Kier molecular flexibility index (Phi) is 4.29. The number of aryl methyl sites for hydroxylation is 1. The van der Waals surface area contributed by atoms with E-state index in [1.54, 1.807) is 25.3 Å². The summed E-state index contributed by atoms with van der Waals surface area (Å²) in [7, 11) is 0. The lowest BCUT2D eigenvalue weighted by molar-refractivity contribution is -0.119. The number of rotatable bonds is 4. The molecule has 0 spiro atoms. The number of hydrogen-bond acceptors (Lipinski definition) is 3. The van der Waals surface area contributed by atoms with Crippen LogP contribution in [0.3, 0.4) is 0 Å². The first-order chi connectivity index (χ1) is 11.5. The van der Waals surface area contributed by atoms with Crippen molar-refractivity contribution in [3.8, 4) is 0 Å². The van der Waals surface area contributed by atoms with Gasteiger partial charge in [0.25, 0.3) is 5.91 Å². The van der Waals surface area contributed by atoms with Crippen molar-refractivity contribution in [2.45, 2.75) is 6.92 Å². The minimum absolute atomic E-state index is 0.350. The highest BCUT2D eigenvalue weighted by atomic mass is 19.1. The molecule has 24 heavy (non-hydrogen) atoms. The molecule has 0 atom stereocenters. The van der Waals surface area contributed by atoms with Crippen LogP contribution in [-0.4, -0.2) is 23.5 Å². The van der Waals surface area contributed by atoms with Crippen LogP contribution in [0.15, 0.2) is 48.7 Å². The molecule has 0 aliphatic rings. The molecule has 0 aliphatic carbocycles. The molecule has 3 rings (SSSR count). The van der Waals surface area contributed by atoms with Crippen molar-refractivity contribution in [3.05, 3.63) is 65.6 Å². The second-order valence-corrected chi connectivity index (χ2v) is 5.33. The maximum absolute atomic E-state index is 13.2. The van der Waals surface area contributed by atoms with Crippen molar-refractivity contribution in [1.29, 1.82) is 0 Å². The number of hydrogen-bond donors (Lipinski definition) is 2. The van der Waals surface area contributed by atoms with Gasteiger partial charge in [0.05, 0.1) is 5.56 Å². The van der Waals surface area contributed by atoms with Gasteiger partial charge in [-0.2, -0.15) is 0 Å². The van der Waals surface area contributed by atoms with Crippen LogP contribution < -0.4 is 5.32 Å². The Balaban J connectivity index is 1.64. The first-order valence-corrected chi connectivity index (χ1v) is 7.34. The van der Waals surface area contributed by atoms with E-state index < -0.39 is 24.3 Å². The number of ether oxygens (including phenoxy) is 1. The summed E-state index contributed by atoms with van der Waals surface area (Å²) in [4.78, 5) is 27.0. The van der Waals surface area contributed by atoms with Gasteiger partial charge in [0, 0.05) is 22.8 Å². The van der Waals surface area contributed by atoms with Crippen LogP contribution in [0.5, 0.6) is 0 Å². The van der Waals surface area contributed by atoms with Gasteiger partial charge >= 0.3 is 5.97 Å². The predicted octanol–water partition coefficient (Wildman–Crippen LogP) is 3.41. The maximum atomic E-state index is 13.2. The average Bonchev–Trinajstić information content (AvgIpc) is 3.00. The van der Waals surface area contributed by atoms with E-state index in [2.05, 4.69) is 10.3 Å². The van der Waals surface area contributed by atoms with Crippen molar-refractivity contribution < 1.29 is 18.7 Å². The summed E-state index contributed by atoms with van der Waals surface area (Å²) in [5.74, 6) is -1.58. The van der Waals surface area contributed by atoms with E-state index in [0.717, 1.165) is 10.9 Å². The molecular formula is C18H15FN2O3. The lowest BCUT2D eigenvalue weighted by Crippen LogP contribution is -2.21. The predicted molar refractivity (Wildman–Crippen MR) is 88.3 cm³/mol. The third-order valence-corrected chi connectivity index (χ3v) is 3.62. The number of esters is 1. The summed E-state index contributed by atoms with van der Waals surface area (Å²) in [5, 5.41) is 3.25.